The molecule has 42 heavy (non-hydrogen) atoms. The molecule has 0 radical (unpaired) electrons. The standard InChI is InChI=1S/C38H50O4/c1-23(2)16-17-27-21-37(22-28-20-29(25(5)6)35(28,7)8)32(40)30(31(39)26-14-12-11-13-15-26)33(41)38(34(37)42,36(27,9)10)19-18-24(3)4/h11-18,23,27-29,39H,5,19-22H2,1-4,6-10H3/b17-16+,31-30+/t27-,28+,29-,37-,38-/m1/s1. The van der Waals surface area contributed by atoms with Crippen molar-refractivity contribution in [3.63, 3.8) is 0 Å². The molecule has 0 aliphatic heterocycles. The molecule has 1 aromatic rings. The van der Waals surface area contributed by atoms with E-state index in [1.165, 1.54) is 0 Å². The van der Waals surface area contributed by atoms with Gasteiger partial charge in [0.25, 0.3) is 0 Å². The molecule has 0 spiro atoms. The number of Topliss-reactive ketones (excluding diaryl/α,β-unsaturated/α-hetero) is 3. The summed E-state index contributed by atoms with van der Waals surface area (Å²) in [5, 5.41) is 11.7. The number of aliphatic hydroxyl groups is 1. The van der Waals surface area contributed by atoms with E-state index in [2.05, 4.69) is 53.3 Å². The fourth-order valence-electron chi connectivity index (χ4n) is 8.20. The fourth-order valence-corrected chi connectivity index (χ4v) is 8.20. The normalized spacial score (nSPS) is 33.0. The third-order valence-corrected chi connectivity index (χ3v) is 11.2. The van der Waals surface area contributed by atoms with Crippen molar-refractivity contribution in [1.82, 2.24) is 0 Å². The van der Waals surface area contributed by atoms with Gasteiger partial charge in [0.15, 0.2) is 17.3 Å². The van der Waals surface area contributed by atoms with E-state index in [0.29, 0.717) is 24.3 Å². The number of carbonyl (C=O) groups excluding carboxylic acids is 3. The molecule has 3 aliphatic rings. The molecule has 0 aromatic heterocycles. The van der Waals surface area contributed by atoms with Crippen LogP contribution in [0.25, 0.3) is 5.76 Å². The minimum absolute atomic E-state index is 0.109. The van der Waals surface area contributed by atoms with Crippen molar-refractivity contribution >= 4 is 23.1 Å². The Hall–Kier alpha value is -3.01. The Balaban J connectivity index is 2.03. The highest BCUT2D eigenvalue weighted by atomic mass is 16.3. The summed E-state index contributed by atoms with van der Waals surface area (Å²) in [6, 6.07) is 8.78. The molecule has 4 nitrogen and oxygen atoms in total. The third kappa shape index (κ3) is 4.70. The van der Waals surface area contributed by atoms with Gasteiger partial charge in [0.05, 0.1) is 5.41 Å². The number of allylic oxidation sites excluding steroid dienone is 6. The van der Waals surface area contributed by atoms with Crippen LogP contribution in [0.15, 0.2) is 71.9 Å². The van der Waals surface area contributed by atoms with Crippen LogP contribution in [0.2, 0.25) is 0 Å². The first-order valence-corrected chi connectivity index (χ1v) is 15.6. The number of ketones is 3. The van der Waals surface area contributed by atoms with Crippen LogP contribution in [0.1, 0.15) is 93.6 Å². The van der Waals surface area contributed by atoms with E-state index in [1.807, 2.05) is 39.8 Å². The third-order valence-electron chi connectivity index (χ3n) is 11.2. The summed E-state index contributed by atoms with van der Waals surface area (Å²) in [6.45, 7) is 22.8. The zero-order valence-electron chi connectivity index (χ0n) is 27.1. The second kappa shape index (κ2) is 10.9. The number of hydrogen-bond donors (Lipinski definition) is 1. The van der Waals surface area contributed by atoms with E-state index < -0.39 is 27.8 Å². The van der Waals surface area contributed by atoms with Gasteiger partial charge in [-0.2, -0.15) is 0 Å². The van der Waals surface area contributed by atoms with Crippen molar-refractivity contribution in [3.05, 3.63) is 77.4 Å². The molecule has 0 amide bonds. The summed E-state index contributed by atoms with van der Waals surface area (Å²) in [5.74, 6) is -1.06. The number of benzene rings is 1. The van der Waals surface area contributed by atoms with Crippen molar-refractivity contribution in [2.75, 3.05) is 0 Å². The Morgan fingerprint density at radius 3 is 2.17 bits per heavy atom. The molecular weight excluding hydrogens is 520 g/mol. The summed E-state index contributed by atoms with van der Waals surface area (Å²) in [6.07, 6.45) is 8.03. The summed E-state index contributed by atoms with van der Waals surface area (Å²) in [7, 11) is 0. The van der Waals surface area contributed by atoms with Gasteiger partial charge < -0.3 is 5.11 Å². The van der Waals surface area contributed by atoms with Crippen LogP contribution in [-0.2, 0) is 14.4 Å². The molecule has 4 rings (SSSR count). The molecule has 1 N–H and O–H groups in total. The molecule has 3 fully saturated rings. The molecule has 2 bridgehead atoms. The minimum Gasteiger partial charge on any atom is -0.506 e. The van der Waals surface area contributed by atoms with Crippen LogP contribution in [0.4, 0.5) is 0 Å². The Morgan fingerprint density at radius 1 is 1.02 bits per heavy atom. The molecule has 4 heteroatoms. The average molecular weight is 571 g/mol. The van der Waals surface area contributed by atoms with Crippen molar-refractivity contribution in [1.29, 1.82) is 0 Å². The van der Waals surface area contributed by atoms with E-state index in [1.54, 1.807) is 24.3 Å². The van der Waals surface area contributed by atoms with Crippen LogP contribution in [-0.4, -0.2) is 22.5 Å². The first kappa shape index (κ1) is 31.9. The molecule has 1 aromatic carbocycles. The number of rotatable bonds is 8. The fraction of sp³-hybridized carbons (Fsp3) is 0.553. The quantitative estimate of drug-likeness (QED) is 0.111. The van der Waals surface area contributed by atoms with Crippen molar-refractivity contribution < 1.29 is 19.5 Å². The van der Waals surface area contributed by atoms with Gasteiger partial charge in [-0.15, -0.1) is 0 Å². The summed E-state index contributed by atoms with van der Waals surface area (Å²) < 4.78 is 0. The van der Waals surface area contributed by atoms with Crippen molar-refractivity contribution in [3.8, 4) is 0 Å². The number of aliphatic hydroxyl groups excluding tert-OH is 1. The van der Waals surface area contributed by atoms with E-state index in [9.17, 15) is 14.7 Å². The molecule has 0 unspecified atom stereocenters. The van der Waals surface area contributed by atoms with Crippen LogP contribution in [0.3, 0.4) is 0 Å². The number of hydrogen-bond acceptors (Lipinski definition) is 4. The van der Waals surface area contributed by atoms with Crippen LogP contribution < -0.4 is 0 Å². The lowest BCUT2D eigenvalue weighted by Gasteiger charge is -2.62. The highest BCUT2D eigenvalue weighted by molar-refractivity contribution is 6.41. The zero-order valence-corrected chi connectivity index (χ0v) is 27.1. The lowest BCUT2D eigenvalue weighted by Crippen LogP contribution is -2.70. The van der Waals surface area contributed by atoms with Gasteiger partial charge in [-0.3, -0.25) is 14.4 Å². The molecule has 3 aliphatic carbocycles. The minimum atomic E-state index is -1.48. The lowest BCUT2D eigenvalue weighted by atomic mass is 9.37. The number of carbonyl (C=O) groups is 3. The predicted molar refractivity (Wildman–Crippen MR) is 171 cm³/mol. The Kier molecular flexibility index (Phi) is 8.30. The Morgan fingerprint density at radius 2 is 1.64 bits per heavy atom. The molecule has 3 saturated carbocycles. The molecular formula is C38H50O4. The van der Waals surface area contributed by atoms with E-state index in [0.717, 1.165) is 17.6 Å². The predicted octanol–water partition coefficient (Wildman–Crippen LogP) is 8.89. The van der Waals surface area contributed by atoms with Gasteiger partial charge in [-0.05, 0) is 81.0 Å². The molecule has 0 heterocycles. The zero-order chi connectivity index (χ0) is 31.4. The number of fused-ring (bicyclic) bond motifs is 2. The van der Waals surface area contributed by atoms with E-state index >= 15 is 4.79 Å². The van der Waals surface area contributed by atoms with Crippen LogP contribution >= 0.6 is 0 Å². The van der Waals surface area contributed by atoms with Gasteiger partial charge >= 0.3 is 0 Å². The summed E-state index contributed by atoms with van der Waals surface area (Å²) in [5.41, 5.74) is -1.47. The maximum absolute atomic E-state index is 15.2. The topological polar surface area (TPSA) is 71.4 Å². The first-order chi connectivity index (χ1) is 19.4. The lowest BCUT2D eigenvalue weighted by molar-refractivity contribution is -0.178. The summed E-state index contributed by atoms with van der Waals surface area (Å²) in [4.78, 5) is 44.9. The molecule has 0 saturated heterocycles. The monoisotopic (exact) mass is 570 g/mol. The van der Waals surface area contributed by atoms with Gasteiger partial charge in [0.2, 0.25) is 0 Å². The van der Waals surface area contributed by atoms with Crippen molar-refractivity contribution in [2.45, 2.75) is 88.0 Å². The van der Waals surface area contributed by atoms with Gasteiger partial charge in [-0.25, -0.2) is 0 Å². The van der Waals surface area contributed by atoms with Gasteiger partial charge in [-0.1, -0.05) is 108 Å². The Labute approximate surface area is 253 Å². The second-order valence-electron chi connectivity index (χ2n) is 15.1. The molecule has 5 atom stereocenters. The molecule has 226 valence electrons. The summed E-state index contributed by atoms with van der Waals surface area (Å²) >= 11 is 0. The second-order valence-corrected chi connectivity index (χ2v) is 15.1. The van der Waals surface area contributed by atoms with E-state index in [4.69, 9.17) is 0 Å². The van der Waals surface area contributed by atoms with Gasteiger partial charge in [0.1, 0.15) is 16.7 Å². The van der Waals surface area contributed by atoms with Crippen molar-refractivity contribution in [2.24, 2.45) is 45.3 Å². The van der Waals surface area contributed by atoms with E-state index in [-0.39, 0.29) is 46.7 Å². The maximum atomic E-state index is 15.2. The highest BCUT2D eigenvalue weighted by Gasteiger charge is 2.74. The van der Waals surface area contributed by atoms with Gasteiger partial charge in [0, 0.05) is 5.56 Å². The largest absolute Gasteiger partial charge is 0.506 e. The smallest absolute Gasteiger partial charge is 0.184 e. The highest BCUT2D eigenvalue weighted by Crippen LogP contribution is 2.68. The SMILES string of the molecule is C=C(C)[C@H]1C[C@@H](C[C@]23C[C@@H](/C=C/C(C)C)C(C)(C)[C@](CC=C(C)C)(C(=O)/C(=C(/O)c4ccccc4)C2=O)C3=O)C1(C)C. The Bertz CT molecular complexity index is 1380. The van der Waals surface area contributed by atoms with Crippen LogP contribution in [0.5, 0.6) is 0 Å². The maximum Gasteiger partial charge on any atom is 0.184 e. The first-order valence-electron chi connectivity index (χ1n) is 15.6. The average Bonchev–Trinajstić information content (AvgIpc) is 2.90. The van der Waals surface area contributed by atoms with Crippen LogP contribution in [0, 0.1) is 45.3 Å².